The van der Waals surface area contributed by atoms with E-state index in [-0.39, 0.29) is 37.9 Å². The Morgan fingerprint density at radius 3 is 1.57 bits per heavy atom. The number of hydrogen-bond acceptors (Lipinski definition) is 10. The van der Waals surface area contributed by atoms with E-state index < -0.39 is 48.7 Å². The third-order valence-electron chi connectivity index (χ3n) is 8.11. The molecule has 0 radical (unpaired) electrons. The first-order chi connectivity index (χ1) is 20.1. The molecule has 2 heterocycles. The summed E-state index contributed by atoms with van der Waals surface area (Å²) in [5.74, 6) is -0.513. The highest BCUT2D eigenvalue weighted by Gasteiger charge is 2.41. The van der Waals surface area contributed by atoms with Crippen LogP contribution in [-0.2, 0) is 12.8 Å². The van der Waals surface area contributed by atoms with Crippen molar-refractivity contribution in [2.75, 3.05) is 39.4 Å². The summed E-state index contributed by atoms with van der Waals surface area (Å²) in [6, 6.07) is 11.6. The molecule has 42 heavy (non-hydrogen) atoms. The first kappa shape index (κ1) is 34.4. The molecule has 0 amide bonds. The van der Waals surface area contributed by atoms with E-state index in [1.165, 1.54) is 18.2 Å². The molecule has 2 aliphatic rings. The summed E-state index contributed by atoms with van der Waals surface area (Å²) in [5.41, 5.74) is 1.63. The number of rotatable bonds is 10. The van der Waals surface area contributed by atoms with Crippen molar-refractivity contribution in [2.24, 2.45) is 0 Å². The van der Waals surface area contributed by atoms with Gasteiger partial charge in [-0.05, 0) is 68.1 Å². The quantitative estimate of drug-likeness (QED) is 0.171. The van der Waals surface area contributed by atoms with E-state index in [1.807, 2.05) is 0 Å². The molecule has 10 nitrogen and oxygen atoms in total. The van der Waals surface area contributed by atoms with Gasteiger partial charge < -0.3 is 40.9 Å². The van der Waals surface area contributed by atoms with Crippen molar-refractivity contribution in [3.8, 4) is 0 Å². The number of hydrogen-bond donors (Lipinski definition) is 8. The van der Waals surface area contributed by atoms with Gasteiger partial charge in [0, 0.05) is 13.1 Å². The lowest BCUT2D eigenvalue weighted by Gasteiger charge is -2.43. The predicted molar refractivity (Wildman–Crippen MR) is 150 cm³/mol. The molecule has 0 bridgehead atoms. The summed E-state index contributed by atoms with van der Waals surface area (Å²) >= 11 is 0. The molecule has 2 aromatic rings. The van der Waals surface area contributed by atoms with Crippen molar-refractivity contribution in [1.82, 2.24) is 9.80 Å². The number of halogens is 2. The second-order valence-electron chi connectivity index (χ2n) is 11.0. The van der Waals surface area contributed by atoms with Crippen LogP contribution in [0.1, 0.15) is 24.0 Å². The molecule has 0 spiro atoms. The van der Waals surface area contributed by atoms with Gasteiger partial charge in [0.25, 0.3) is 0 Å². The monoisotopic (exact) mass is 598 g/mol. The van der Waals surface area contributed by atoms with Crippen molar-refractivity contribution < 1.29 is 49.6 Å². The second-order valence-corrected chi connectivity index (χ2v) is 11.0. The van der Waals surface area contributed by atoms with Crippen molar-refractivity contribution in [3.63, 3.8) is 0 Å². The van der Waals surface area contributed by atoms with E-state index >= 15 is 0 Å². The Morgan fingerprint density at radius 1 is 0.619 bits per heavy atom. The number of aliphatic hydroxyl groups is 8. The van der Waals surface area contributed by atoms with Crippen molar-refractivity contribution >= 4 is 0 Å². The normalized spacial score (nSPS) is 30.5. The van der Waals surface area contributed by atoms with E-state index in [2.05, 4.69) is 0 Å². The zero-order valence-electron chi connectivity index (χ0n) is 23.5. The van der Waals surface area contributed by atoms with Gasteiger partial charge in [-0.1, -0.05) is 30.3 Å². The Morgan fingerprint density at radius 2 is 1.10 bits per heavy atom. The van der Waals surface area contributed by atoms with E-state index in [9.17, 15) is 49.6 Å². The fourth-order valence-corrected chi connectivity index (χ4v) is 5.58. The number of β-amino-alcohol motifs (C(OH)–C–C–N with tert-alkyl or cyclic N) is 2. The summed E-state index contributed by atoms with van der Waals surface area (Å²) in [6.45, 7) is 0.892. The molecule has 0 aliphatic carbocycles. The van der Waals surface area contributed by atoms with Crippen LogP contribution >= 0.6 is 0 Å². The third kappa shape index (κ3) is 9.20. The fraction of sp³-hybridized carbons (Fsp3) is 0.600. The summed E-state index contributed by atoms with van der Waals surface area (Å²) in [6.07, 6.45) is -4.23. The molecule has 2 aromatic carbocycles. The molecule has 2 aliphatic heterocycles. The Labute approximate surface area is 244 Å². The largest absolute Gasteiger partial charge is 0.395 e. The number of nitrogens with zero attached hydrogens (tertiary/aromatic N) is 2. The van der Waals surface area contributed by atoms with Crippen LogP contribution in [0.2, 0.25) is 0 Å². The fourth-order valence-electron chi connectivity index (χ4n) is 5.58. The van der Waals surface area contributed by atoms with Crippen molar-refractivity contribution in [2.45, 2.75) is 74.4 Å². The number of likely N-dealkylation sites (tertiary alicyclic amines) is 2. The molecule has 2 fully saturated rings. The smallest absolute Gasteiger partial charge is 0.126 e. The minimum atomic E-state index is -1.25. The highest BCUT2D eigenvalue weighted by Crippen LogP contribution is 2.21. The molecular weight excluding hydrogens is 554 g/mol. The Bertz CT molecular complexity index is 1070. The van der Waals surface area contributed by atoms with Gasteiger partial charge in [0.15, 0.2) is 0 Å². The van der Waals surface area contributed by atoms with Crippen molar-refractivity contribution in [1.29, 1.82) is 0 Å². The van der Waals surface area contributed by atoms with Crippen LogP contribution in [0.5, 0.6) is 0 Å². The topological polar surface area (TPSA) is 168 Å². The number of piperidine rings is 2. The first-order valence-electron chi connectivity index (χ1n) is 14.3. The van der Waals surface area contributed by atoms with E-state index in [4.69, 9.17) is 0 Å². The molecule has 0 aromatic heterocycles. The first-order valence-corrected chi connectivity index (χ1v) is 14.3. The SMILES string of the molecule is OC[C@H]1[C@@H](O)[C@H](O)[C@@H](O)CN1CCCc1ccc(F)cc1.OC[C@H]1[C@@H](O)[C@H](O)[C@@H](O)CN1CCCc1ccccc1F. The standard InChI is InChI=1S/2C15H22FNO4/c16-11-5-3-10(4-6-11)2-1-7-17-8-13(19)15(21)14(20)12(17)9-18;16-11-6-2-1-4-10(11)5-3-7-17-8-13(19)15(21)14(20)12(17)9-18/h3-6,12-15,18-21H,1-2,7-9H2;1-2,4,6,12-15,18-21H,3,5,7-9H2/t2*12-,13-,14+,15+/m00/s1. The average molecular weight is 599 g/mol. The van der Waals surface area contributed by atoms with Gasteiger partial charge >= 0.3 is 0 Å². The molecule has 4 rings (SSSR count). The zero-order chi connectivity index (χ0) is 30.8. The molecule has 12 heteroatoms. The maximum Gasteiger partial charge on any atom is 0.126 e. The second kappa shape index (κ2) is 16.7. The van der Waals surface area contributed by atoms with Crippen LogP contribution in [0.25, 0.3) is 0 Å². The van der Waals surface area contributed by atoms with E-state index in [0.717, 1.165) is 18.4 Å². The maximum atomic E-state index is 13.5. The Hall–Kier alpha value is -2.10. The lowest BCUT2D eigenvalue weighted by Crippen LogP contribution is -2.62. The molecule has 0 unspecified atom stereocenters. The van der Waals surface area contributed by atoms with E-state index in [0.29, 0.717) is 31.5 Å². The van der Waals surface area contributed by atoms with Crippen LogP contribution in [-0.4, -0.2) is 139 Å². The third-order valence-corrected chi connectivity index (χ3v) is 8.11. The molecular formula is C30H44F2N2O8. The van der Waals surface area contributed by atoms with Gasteiger partial charge in [0.2, 0.25) is 0 Å². The lowest BCUT2D eigenvalue weighted by molar-refractivity contribution is -0.145. The van der Waals surface area contributed by atoms with Crippen LogP contribution in [0, 0.1) is 11.6 Å². The van der Waals surface area contributed by atoms with Gasteiger partial charge in [-0.2, -0.15) is 0 Å². The van der Waals surface area contributed by atoms with Crippen LogP contribution in [0.3, 0.4) is 0 Å². The van der Waals surface area contributed by atoms with Crippen LogP contribution in [0.4, 0.5) is 8.78 Å². The van der Waals surface area contributed by atoms with Gasteiger partial charge in [0.05, 0.1) is 37.5 Å². The number of benzene rings is 2. The minimum absolute atomic E-state index is 0.181. The minimum Gasteiger partial charge on any atom is -0.395 e. The molecule has 2 saturated heterocycles. The lowest BCUT2D eigenvalue weighted by atomic mass is 9.94. The highest BCUT2D eigenvalue weighted by molar-refractivity contribution is 5.17. The zero-order valence-corrected chi connectivity index (χ0v) is 23.5. The van der Waals surface area contributed by atoms with Crippen LogP contribution < -0.4 is 0 Å². The van der Waals surface area contributed by atoms with Gasteiger partial charge in [-0.3, -0.25) is 9.80 Å². The molecule has 236 valence electrons. The van der Waals surface area contributed by atoms with Gasteiger partial charge in [-0.15, -0.1) is 0 Å². The van der Waals surface area contributed by atoms with Crippen molar-refractivity contribution in [3.05, 3.63) is 71.3 Å². The summed E-state index contributed by atoms with van der Waals surface area (Å²) in [4.78, 5) is 3.52. The molecule has 0 saturated carbocycles. The summed E-state index contributed by atoms with van der Waals surface area (Å²) in [7, 11) is 0. The average Bonchev–Trinajstić information content (AvgIpc) is 2.97. The Kier molecular flexibility index (Phi) is 13.6. The van der Waals surface area contributed by atoms with Crippen LogP contribution in [0.15, 0.2) is 48.5 Å². The number of aryl methyl sites for hydroxylation is 2. The molecule has 8 atom stereocenters. The summed E-state index contributed by atoms with van der Waals surface area (Å²) < 4.78 is 26.3. The number of aliphatic hydroxyl groups excluding tert-OH is 8. The van der Waals surface area contributed by atoms with Gasteiger partial charge in [0.1, 0.15) is 36.1 Å². The predicted octanol–water partition coefficient (Wildman–Crippen LogP) is -0.965. The van der Waals surface area contributed by atoms with Gasteiger partial charge in [-0.25, -0.2) is 8.78 Å². The highest BCUT2D eigenvalue weighted by atomic mass is 19.1. The maximum absolute atomic E-state index is 13.5. The van der Waals surface area contributed by atoms with E-state index in [1.54, 1.807) is 40.1 Å². The summed E-state index contributed by atoms with van der Waals surface area (Å²) in [5, 5.41) is 77.1. The molecule has 8 N–H and O–H groups in total. The Balaban J connectivity index is 0.000000230.